The molecule has 0 aliphatic rings. The maximum atomic E-state index is 11.0. The van der Waals surface area contributed by atoms with Crippen LogP contribution in [0.25, 0.3) is 0 Å². The molecule has 1 amide bonds. The highest BCUT2D eigenvalue weighted by Crippen LogP contribution is 2.20. The number of halogens is 2. The lowest BCUT2D eigenvalue weighted by atomic mass is 10.4. The molecular weight excluding hydrogens is 263 g/mol. The number of nitrogens with zero attached hydrogens (tertiary/aromatic N) is 1. The molecular formula is C7H6Cl2N2O3S. The Hall–Kier alpha value is -0.850. The van der Waals surface area contributed by atoms with E-state index in [-0.39, 0.29) is 16.7 Å². The number of amides is 1. The average Bonchev–Trinajstić information content (AvgIpc) is 1.99. The van der Waals surface area contributed by atoms with Gasteiger partial charge in [-0.15, -0.1) is 0 Å². The molecule has 1 rings (SSSR count). The van der Waals surface area contributed by atoms with E-state index in [4.69, 9.17) is 22.3 Å². The lowest BCUT2D eigenvalue weighted by Crippen LogP contribution is -2.09. The molecule has 1 N–H and O–H groups in total. The zero-order valence-corrected chi connectivity index (χ0v) is 9.82. The Morgan fingerprint density at radius 1 is 1.47 bits per heavy atom. The summed E-state index contributed by atoms with van der Waals surface area (Å²) >= 11 is 5.63. The van der Waals surface area contributed by atoms with Crippen LogP contribution in [0.3, 0.4) is 0 Å². The second-order valence-corrected chi connectivity index (χ2v) is 5.58. The highest BCUT2D eigenvalue weighted by Gasteiger charge is 2.14. The Balaban J connectivity index is 3.23. The fraction of sp³-hybridized carbons (Fsp3) is 0.143. The van der Waals surface area contributed by atoms with Crippen molar-refractivity contribution in [3.8, 4) is 0 Å². The Morgan fingerprint density at radius 3 is 2.53 bits per heavy atom. The molecule has 0 aliphatic carbocycles. The van der Waals surface area contributed by atoms with Crippen molar-refractivity contribution in [2.75, 3.05) is 5.32 Å². The Kier molecular flexibility index (Phi) is 3.54. The highest BCUT2D eigenvalue weighted by molar-refractivity contribution is 8.13. The van der Waals surface area contributed by atoms with Gasteiger partial charge in [-0.1, -0.05) is 11.6 Å². The molecule has 8 heteroatoms. The first-order chi connectivity index (χ1) is 6.79. The number of pyridine rings is 1. The van der Waals surface area contributed by atoms with Gasteiger partial charge in [0, 0.05) is 22.6 Å². The Morgan fingerprint density at radius 2 is 2.07 bits per heavy atom. The van der Waals surface area contributed by atoms with Crippen LogP contribution in [0.15, 0.2) is 17.2 Å². The summed E-state index contributed by atoms with van der Waals surface area (Å²) in [5, 5.41) is 2.02. The fourth-order valence-electron chi connectivity index (χ4n) is 0.843. The molecule has 5 nitrogen and oxygen atoms in total. The lowest BCUT2D eigenvalue weighted by Gasteiger charge is -2.03. The zero-order valence-electron chi connectivity index (χ0n) is 7.49. The quantitative estimate of drug-likeness (QED) is 0.828. The smallest absolute Gasteiger partial charge is 0.278 e. The van der Waals surface area contributed by atoms with E-state index in [1.165, 1.54) is 13.0 Å². The number of carbonyl (C=O) groups excluding carboxylic acids is 1. The van der Waals surface area contributed by atoms with Gasteiger partial charge in [0.2, 0.25) is 5.91 Å². The molecule has 0 bridgehead atoms. The van der Waals surface area contributed by atoms with Crippen LogP contribution in [0, 0.1) is 0 Å². The molecule has 0 radical (unpaired) electrons. The highest BCUT2D eigenvalue weighted by atomic mass is 35.7. The van der Waals surface area contributed by atoms with Crippen LogP contribution in [0.2, 0.25) is 5.02 Å². The first-order valence-corrected chi connectivity index (χ1v) is 6.37. The van der Waals surface area contributed by atoms with Gasteiger partial charge in [0.25, 0.3) is 9.05 Å². The molecule has 1 heterocycles. The van der Waals surface area contributed by atoms with Crippen molar-refractivity contribution in [2.45, 2.75) is 11.9 Å². The van der Waals surface area contributed by atoms with E-state index in [1.807, 2.05) is 0 Å². The van der Waals surface area contributed by atoms with Crippen molar-refractivity contribution >= 4 is 43.1 Å². The molecule has 0 saturated heterocycles. The molecule has 0 atom stereocenters. The lowest BCUT2D eigenvalue weighted by molar-refractivity contribution is -0.114. The summed E-state index contributed by atoms with van der Waals surface area (Å²) < 4.78 is 21.9. The summed E-state index contributed by atoms with van der Waals surface area (Å²) in [6.07, 6.45) is 0. The number of carbonyl (C=O) groups is 1. The van der Waals surface area contributed by atoms with Crippen molar-refractivity contribution in [1.82, 2.24) is 4.98 Å². The van der Waals surface area contributed by atoms with E-state index in [0.717, 1.165) is 6.07 Å². The molecule has 1 aromatic heterocycles. The first-order valence-electron chi connectivity index (χ1n) is 3.69. The molecule has 0 fully saturated rings. The molecule has 0 spiro atoms. The number of hydrogen-bond acceptors (Lipinski definition) is 4. The second-order valence-electron chi connectivity index (χ2n) is 2.63. The van der Waals surface area contributed by atoms with Gasteiger partial charge in [-0.3, -0.25) is 4.79 Å². The van der Waals surface area contributed by atoms with Crippen LogP contribution >= 0.6 is 22.3 Å². The minimum absolute atomic E-state index is 0.0363. The summed E-state index contributed by atoms with van der Waals surface area (Å²) in [6, 6.07) is 2.41. The van der Waals surface area contributed by atoms with Gasteiger partial charge in [0.15, 0.2) is 5.03 Å². The van der Waals surface area contributed by atoms with Crippen LogP contribution < -0.4 is 5.32 Å². The maximum absolute atomic E-state index is 11.0. The largest absolute Gasteiger partial charge is 0.311 e. The van der Waals surface area contributed by atoms with Gasteiger partial charge in [-0.2, -0.15) is 0 Å². The molecule has 0 unspecified atom stereocenters. The minimum atomic E-state index is -3.96. The van der Waals surface area contributed by atoms with Gasteiger partial charge in [0.05, 0.1) is 0 Å². The van der Waals surface area contributed by atoms with Gasteiger partial charge in [-0.05, 0) is 12.1 Å². The van der Waals surface area contributed by atoms with E-state index in [1.54, 1.807) is 0 Å². The molecule has 15 heavy (non-hydrogen) atoms. The molecule has 1 aromatic rings. The minimum Gasteiger partial charge on any atom is -0.311 e. The third-order valence-electron chi connectivity index (χ3n) is 1.32. The number of aromatic nitrogens is 1. The van der Waals surface area contributed by atoms with E-state index in [9.17, 15) is 13.2 Å². The summed E-state index contributed by atoms with van der Waals surface area (Å²) in [4.78, 5) is 14.3. The van der Waals surface area contributed by atoms with Crippen LogP contribution in [-0.4, -0.2) is 19.3 Å². The summed E-state index contributed by atoms with van der Waals surface area (Å²) in [5.41, 5.74) is 0. The van der Waals surface area contributed by atoms with Crippen molar-refractivity contribution in [3.05, 3.63) is 17.2 Å². The van der Waals surface area contributed by atoms with Crippen LogP contribution in [0.4, 0.5) is 5.82 Å². The summed E-state index contributed by atoms with van der Waals surface area (Å²) in [5.74, 6) is -0.350. The summed E-state index contributed by atoms with van der Waals surface area (Å²) in [7, 11) is 1.12. The van der Waals surface area contributed by atoms with Crippen molar-refractivity contribution < 1.29 is 13.2 Å². The predicted molar refractivity (Wildman–Crippen MR) is 56.6 cm³/mol. The Labute approximate surface area is 95.8 Å². The number of hydrogen-bond donors (Lipinski definition) is 1. The van der Waals surface area contributed by atoms with Crippen molar-refractivity contribution in [3.63, 3.8) is 0 Å². The standard InChI is InChI=1S/C7H6Cl2N2O3S/c1-4(12)10-6-2-5(8)3-7(11-6)15(9,13)14/h2-3H,1H3,(H,10,11,12). The van der Waals surface area contributed by atoms with Gasteiger partial charge in [0.1, 0.15) is 5.82 Å². The number of anilines is 1. The topological polar surface area (TPSA) is 76.1 Å². The van der Waals surface area contributed by atoms with E-state index in [2.05, 4.69) is 10.3 Å². The van der Waals surface area contributed by atoms with Crippen LogP contribution in [0.5, 0.6) is 0 Å². The predicted octanol–water partition coefficient (Wildman–Crippen LogP) is 1.62. The van der Waals surface area contributed by atoms with Gasteiger partial charge in [-0.25, -0.2) is 13.4 Å². The summed E-state index contributed by atoms with van der Waals surface area (Å²) in [6.45, 7) is 1.26. The molecule has 0 aromatic carbocycles. The van der Waals surface area contributed by atoms with Gasteiger partial charge < -0.3 is 5.32 Å². The number of rotatable bonds is 2. The SMILES string of the molecule is CC(=O)Nc1cc(Cl)cc(S(=O)(=O)Cl)n1. The second kappa shape index (κ2) is 4.34. The van der Waals surface area contributed by atoms with E-state index in [0.29, 0.717) is 0 Å². The number of nitrogens with one attached hydrogen (secondary N) is 1. The normalized spacial score (nSPS) is 11.1. The van der Waals surface area contributed by atoms with E-state index >= 15 is 0 Å². The van der Waals surface area contributed by atoms with Crippen molar-refractivity contribution in [2.24, 2.45) is 0 Å². The third kappa shape index (κ3) is 3.65. The molecule has 0 saturated carbocycles. The van der Waals surface area contributed by atoms with Crippen LogP contribution in [0.1, 0.15) is 6.92 Å². The average molecular weight is 269 g/mol. The Bertz CT molecular complexity index is 501. The van der Waals surface area contributed by atoms with Crippen molar-refractivity contribution in [1.29, 1.82) is 0 Å². The third-order valence-corrected chi connectivity index (χ3v) is 2.72. The fourth-order valence-corrected chi connectivity index (χ4v) is 1.83. The molecule has 82 valence electrons. The van der Waals surface area contributed by atoms with Gasteiger partial charge >= 0.3 is 0 Å². The molecule has 0 aliphatic heterocycles. The first kappa shape index (κ1) is 12.2. The zero-order chi connectivity index (χ0) is 11.6. The van der Waals surface area contributed by atoms with Crippen LogP contribution in [-0.2, 0) is 13.8 Å². The monoisotopic (exact) mass is 268 g/mol. The van der Waals surface area contributed by atoms with E-state index < -0.39 is 14.1 Å². The maximum Gasteiger partial charge on any atom is 0.278 e.